The summed E-state index contributed by atoms with van der Waals surface area (Å²) in [7, 11) is 0. The zero-order chi connectivity index (χ0) is 10.7. The predicted octanol–water partition coefficient (Wildman–Crippen LogP) is 2.23. The van der Waals surface area contributed by atoms with Crippen LogP contribution in [0, 0.1) is 11.7 Å². The lowest BCUT2D eigenvalue weighted by Crippen LogP contribution is -2.26. The molecule has 2 atom stereocenters. The van der Waals surface area contributed by atoms with Gasteiger partial charge in [-0.2, -0.15) is 11.8 Å². The van der Waals surface area contributed by atoms with E-state index >= 15 is 0 Å². The van der Waals surface area contributed by atoms with E-state index < -0.39 is 0 Å². The van der Waals surface area contributed by atoms with Crippen LogP contribution >= 0.6 is 11.8 Å². The molecule has 1 saturated heterocycles. The average molecular weight is 226 g/mol. The Bertz CT molecular complexity index is 315. The molecule has 0 bridgehead atoms. The van der Waals surface area contributed by atoms with Crippen LogP contribution in [-0.4, -0.2) is 23.0 Å². The second-order valence-corrected chi connectivity index (χ2v) is 5.08. The average Bonchev–Trinajstić information content (AvgIpc) is 2.44. The van der Waals surface area contributed by atoms with Gasteiger partial charge in [0.2, 0.25) is 0 Å². The molecule has 2 heterocycles. The van der Waals surface area contributed by atoms with Crippen LogP contribution in [0.25, 0.3) is 0 Å². The molecule has 1 aromatic rings. The summed E-state index contributed by atoms with van der Waals surface area (Å²) in [6.07, 6.45) is 1.29. The van der Waals surface area contributed by atoms with Crippen molar-refractivity contribution < 1.29 is 4.39 Å². The van der Waals surface area contributed by atoms with E-state index in [-0.39, 0.29) is 11.9 Å². The summed E-state index contributed by atoms with van der Waals surface area (Å²) in [5.41, 5.74) is 0.943. The zero-order valence-electron chi connectivity index (χ0n) is 8.74. The molecule has 2 nitrogen and oxygen atoms in total. The third-order valence-electron chi connectivity index (χ3n) is 2.51. The molecule has 1 aliphatic rings. The first-order chi connectivity index (χ1) is 7.25. The van der Waals surface area contributed by atoms with Gasteiger partial charge in [-0.15, -0.1) is 0 Å². The molecular formula is C11H15FN2S. The van der Waals surface area contributed by atoms with Crippen molar-refractivity contribution in [3.8, 4) is 0 Å². The number of hydrogen-bond acceptors (Lipinski definition) is 3. The lowest BCUT2D eigenvalue weighted by atomic mass is 10.1. The summed E-state index contributed by atoms with van der Waals surface area (Å²) in [6.45, 7) is 3.25. The number of aromatic nitrogens is 1. The lowest BCUT2D eigenvalue weighted by Gasteiger charge is -2.14. The summed E-state index contributed by atoms with van der Waals surface area (Å²) in [5, 5.41) is 3.46. The first kappa shape index (κ1) is 10.9. The number of nitrogens with zero attached hydrogens (tertiary/aromatic N) is 1. The third-order valence-corrected chi connectivity index (χ3v) is 3.88. The van der Waals surface area contributed by atoms with E-state index in [4.69, 9.17) is 0 Å². The highest BCUT2D eigenvalue weighted by atomic mass is 32.2. The predicted molar refractivity (Wildman–Crippen MR) is 61.4 cm³/mol. The van der Waals surface area contributed by atoms with E-state index in [0.717, 1.165) is 18.0 Å². The van der Waals surface area contributed by atoms with E-state index in [1.807, 2.05) is 11.8 Å². The molecule has 1 N–H and O–H groups in total. The summed E-state index contributed by atoms with van der Waals surface area (Å²) >= 11 is 1.93. The van der Waals surface area contributed by atoms with E-state index in [2.05, 4.69) is 17.2 Å². The minimum Gasteiger partial charge on any atom is -0.308 e. The molecule has 15 heavy (non-hydrogen) atoms. The maximum atomic E-state index is 12.7. The van der Waals surface area contributed by atoms with Gasteiger partial charge in [0.1, 0.15) is 5.82 Å². The van der Waals surface area contributed by atoms with Crippen molar-refractivity contribution in [3.05, 3.63) is 29.8 Å². The Balaban J connectivity index is 2.06. The molecule has 0 amide bonds. The smallest absolute Gasteiger partial charge is 0.141 e. The van der Waals surface area contributed by atoms with Crippen LogP contribution in [0.4, 0.5) is 4.39 Å². The second kappa shape index (κ2) is 4.94. The van der Waals surface area contributed by atoms with Crippen molar-refractivity contribution in [2.45, 2.75) is 13.0 Å². The van der Waals surface area contributed by atoms with Gasteiger partial charge in [0.25, 0.3) is 0 Å². The first-order valence-electron chi connectivity index (χ1n) is 5.18. The number of hydrogen-bond donors (Lipinski definition) is 1. The summed E-state index contributed by atoms with van der Waals surface area (Å²) < 4.78 is 12.7. The largest absolute Gasteiger partial charge is 0.308 e. The summed E-state index contributed by atoms with van der Waals surface area (Å²) in [4.78, 5) is 4.12. The van der Waals surface area contributed by atoms with Gasteiger partial charge in [-0.25, -0.2) is 4.39 Å². The fraction of sp³-hybridized carbons (Fsp3) is 0.545. The maximum absolute atomic E-state index is 12.7. The number of rotatable bonds is 1. The van der Waals surface area contributed by atoms with Crippen molar-refractivity contribution in [1.29, 1.82) is 0 Å². The van der Waals surface area contributed by atoms with Crippen LogP contribution in [0.2, 0.25) is 0 Å². The van der Waals surface area contributed by atoms with Gasteiger partial charge >= 0.3 is 0 Å². The van der Waals surface area contributed by atoms with E-state index in [9.17, 15) is 4.39 Å². The van der Waals surface area contributed by atoms with Crippen molar-refractivity contribution in [1.82, 2.24) is 10.3 Å². The number of pyridine rings is 1. The van der Waals surface area contributed by atoms with Crippen molar-refractivity contribution in [2.75, 3.05) is 18.1 Å². The van der Waals surface area contributed by atoms with Crippen LogP contribution in [0.15, 0.2) is 18.3 Å². The fourth-order valence-corrected chi connectivity index (χ4v) is 2.81. The molecule has 0 aliphatic carbocycles. The highest BCUT2D eigenvalue weighted by molar-refractivity contribution is 7.99. The van der Waals surface area contributed by atoms with E-state index in [1.54, 1.807) is 6.07 Å². The van der Waals surface area contributed by atoms with Gasteiger partial charge in [-0.05, 0) is 30.3 Å². The highest BCUT2D eigenvalue weighted by Gasteiger charge is 2.18. The standard InChI is InChI=1S/C11H15FN2S/c1-8-4-13-11(7-15-6-8)10-3-2-9(12)5-14-10/h2-3,5,8,11,13H,4,6-7H2,1H3. The Morgan fingerprint density at radius 2 is 2.33 bits per heavy atom. The van der Waals surface area contributed by atoms with E-state index in [1.165, 1.54) is 18.0 Å². The highest BCUT2D eigenvalue weighted by Crippen LogP contribution is 2.22. The van der Waals surface area contributed by atoms with Gasteiger partial charge in [0, 0.05) is 5.75 Å². The van der Waals surface area contributed by atoms with E-state index in [0.29, 0.717) is 5.92 Å². The molecule has 2 rings (SSSR count). The molecule has 4 heteroatoms. The molecule has 0 radical (unpaired) electrons. The van der Waals surface area contributed by atoms with Crippen LogP contribution in [-0.2, 0) is 0 Å². The van der Waals surface area contributed by atoms with Gasteiger partial charge in [-0.3, -0.25) is 4.98 Å². The molecule has 82 valence electrons. The normalized spacial score (nSPS) is 27.3. The lowest BCUT2D eigenvalue weighted by molar-refractivity contribution is 0.508. The molecular weight excluding hydrogens is 211 g/mol. The zero-order valence-corrected chi connectivity index (χ0v) is 9.56. The summed E-state index contributed by atoms with van der Waals surface area (Å²) in [5.74, 6) is 2.63. The molecule has 0 saturated carbocycles. The van der Waals surface area contributed by atoms with Gasteiger partial charge in [0.15, 0.2) is 0 Å². The maximum Gasteiger partial charge on any atom is 0.141 e. The van der Waals surface area contributed by atoms with Crippen LogP contribution < -0.4 is 5.32 Å². The molecule has 2 unspecified atom stereocenters. The minimum atomic E-state index is -0.270. The molecule has 1 aliphatic heterocycles. The Labute approximate surface area is 93.7 Å². The first-order valence-corrected chi connectivity index (χ1v) is 6.34. The van der Waals surface area contributed by atoms with Gasteiger partial charge < -0.3 is 5.32 Å². The monoisotopic (exact) mass is 226 g/mol. The Hall–Kier alpha value is -0.610. The fourth-order valence-electron chi connectivity index (χ4n) is 1.63. The van der Waals surface area contributed by atoms with Gasteiger partial charge in [-0.1, -0.05) is 6.92 Å². The Morgan fingerprint density at radius 3 is 3.07 bits per heavy atom. The van der Waals surface area contributed by atoms with Crippen LogP contribution in [0.5, 0.6) is 0 Å². The molecule has 1 aromatic heterocycles. The number of thioether (sulfide) groups is 1. The van der Waals surface area contributed by atoms with Crippen molar-refractivity contribution in [3.63, 3.8) is 0 Å². The minimum absolute atomic E-state index is 0.264. The summed E-state index contributed by atoms with van der Waals surface area (Å²) in [6, 6.07) is 3.51. The molecule has 1 fully saturated rings. The Kier molecular flexibility index (Phi) is 3.59. The van der Waals surface area contributed by atoms with Gasteiger partial charge in [0.05, 0.1) is 17.9 Å². The van der Waals surface area contributed by atoms with Crippen LogP contribution in [0.1, 0.15) is 18.7 Å². The SMILES string of the molecule is CC1CNC(c2ccc(F)cn2)CSC1. The second-order valence-electron chi connectivity index (χ2n) is 4.00. The van der Waals surface area contributed by atoms with Crippen molar-refractivity contribution >= 4 is 11.8 Å². The quantitative estimate of drug-likeness (QED) is 0.795. The molecule has 0 spiro atoms. The third kappa shape index (κ3) is 2.92. The topological polar surface area (TPSA) is 24.9 Å². The van der Waals surface area contributed by atoms with Crippen LogP contribution in [0.3, 0.4) is 0 Å². The number of nitrogens with one attached hydrogen (secondary N) is 1. The Morgan fingerprint density at radius 1 is 1.47 bits per heavy atom. The molecule has 0 aromatic carbocycles. The number of halogens is 1. The van der Waals surface area contributed by atoms with Crippen molar-refractivity contribution in [2.24, 2.45) is 5.92 Å².